The molecule has 17 heavy (non-hydrogen) atoms. The molecule has 104 valence electrons. The lowest BCUT2D eigenvalue weighted by molar-refractivity contribution is 0.111. The molecule has 0 radical (unpaired) electrons. The van der Waals surface area contributed by atoms with Crippen molar-refractivity contribution in [3.05, 3.63) is 0 Å². The van der Waals surface area contributed by atoms with Gasteiger partial charge in [0.1, 0.15) is 0 Å². The van der Waals surface area contributed by atoms with Crippen LogP contribution >= 0.6 is 0 Å². The standard InChI is InChI=1S/C14H29N.C2H6/c1-6-14(4,5)11-15-9-7-13(8-10-15)12(2)3;1-2/h12-13H,6-11H2,1-5H3;1-2H3. The molecule has 1 saturated heterocycles. The zero-order valence-corrected chi connectivity index (χ0v) is 13.3. The molecule has 0 unspecified atom stereocenters. The van der Waals surface area contributed by atoms with Gasteiger partial charge in [0.2, 0.25) is 0 Å². The molecule has 1 heterocycles. The first-order valence-electron chi connectivity index (χ1n) is 7.67. The maximum atomic E-state index is 2.67. The van der Waals surface area contributed by atoms with Gasteiger partial charge in [0.05, 0.1) is 0 Å². The molecule has 0 amide bonds. The van der Waals surface area contributed by atoms with Crippen LogP contribution in [0, 0.1) is 17.3 Å². The highest BCUT2D eigenvalue weighted by atomic mass is 15.1. The van der Waals surface area contributed by atoms with Crippen LogP contribution < -0.4 is 0 Å². The Kier molecular flexibility index (Phi) is 8.11. The zero-order chi connectivity index (χ0) is 13.5. The van der Waals surface area contributed by atoms with Gasteiger partial charge in [-0.1, -0.05) is 48.5 Å². The van der Waals surface area contributed by atoms with E-state index in [1.807, 2.05) is 13.8 Å². The van der Waals surface area contributed by atoms with Gasteiger partial charge in [-0.3, -0.25) is 0 Å². The Hall–Kier alpha value is -0.0400. The van der Waals surface area contributed by atoms with E-state index < -0.39 is 0 Å². The molecule has 0 spiro atoms. The van der Waals surface area contributed by atoms with Gasteiger partial charge in [0, 0.05) is 6.54 Å². The highest BCUT2D eigenvalue weighted by Gasteiger charge is 2.25. The minimum absolute atomic E-state index is 0.505. The second-order valence-electron chi connectivity index (χ2n) is 6.38. The van der Waals surface area contributed by atoms with E-state index in [2.05, 4.69) is 39.5 Å². The highest BCUT2D eigenvalue weighted by Crippen LogP contribution is 2.28. The van der Waals surface area contributed by atoms with Gasteiger partial charge < -0.3 is 4.90 Å². The molecule has 0 atom stereocenters. The van der Waals surface area contributed by atoms with Crippen LogP contribution in [-0.2, 0) is 0 Å². The summed E-state index contributed by atoms with van der Waals surface area (Å²) in [5.74, 6) is 1.86. The molecule has 1 aliphatic heterocycles. The Balaban J connectivity index is 0.00000121. The van der Waals surface area contributed by atoms with Gasteiger partial charge in [-0.2, -0.15) is 0 Å². The lowest BCUT2D eigenvalue weighted by atomic mass is 9.84. The summed E-state index contributed by atoms with van der Waals surface area (Å²) in [5, 5.41) is 0. The van der Waals surface area contributed by atoms with Crippen molar-refractivity contribution in [3.8, 4) is 0 Å². The van der Waals surface area contributed by atoms with E-state index in [1.54, 1.807) is 0 Å². The van der Waals surface area contributed by atoms with Gasteiger partial charge in [-0.25, -0.2) is 0 Å². The first-order chi connectivity index (χ1) is 7.94. The molecule has 1 fully saturated rings. The van der Waals surface area contributed by atoms with Crippen LogP contribution in [0.1, 0.15) is 67.7 Å². The predicted octanol–water partition coefficient (Wildman–Crippen LogP) is 4.82. The Morgan fingerprint density at radius 2 is 1.59 bits per heavy atom. The van der Waals surface area contributed by atoms with Crippen molar-refractivity contribution in [1.82, 2.24) is 4.90 Å². The number of likely N-dealkylation sites (tertiary alicyclic amines) is 1. The largest absolute Gasteiger partial charge is 0.303 e. The van der Waals surface area contributed by atoms with Crippen LogP contribution in [0.15, 0.2) is 0 Å². The Labute approximate surface area is 110 Å². The minimum atomic E-state index is 0.505. The van der Waals surface area contributed by atoms with Gasteiger partial charge in [-0.15, -0.1) is 0 Å². The fourth-order valence-electron chi connectivity index (χ4n) is 2.49. The van der Waals surface area contributed by atoms with E-state index >= 15 is 0 Å². The molecule has 0 aliphatic carbocycles. The first-order valence-corrected chi connectivity index (χ1v) is 7.67. The number of hydrogen-bond donors (Lipinski definition) is 0. The fraction of sp³-hybridized carbons (Fsp3) is 1.00. The third-order valence-electron chi connectivity index (χ3n) is 4.18. The minimum Gasteiger partial charge on any atom is -0.303 e. The van der Waals surface area contributed by atoms with Crippen molar-refractivity contribution >= 4 is 0 Å². The lowest BCUT2D eigenvalue weighted by Crippen LogP contribution is -2.40. The number of hydrogen-bond acceptors (Lipinski definition) is 1. The Bertz CT molecular complexity index is 176. The maximum Gasteiger partial charge on any atom is 0.00326 e. The average Bonchev–Trinajstić information content (AvgIpc) is 2.32. The van der Waals surface area contributed by atoms with Gasteiger partial charge in [-0.05, 0) is 49.6 Å². The van der Waals surface area contributed by atoms with E-state index in [0.29, 0.717) is 5.41 Å². The molecular formula is C16H35N. The van der Waals surface area contributed by atoms with Gasteiger partial charge in [0.15, 0.2) is 0 Å². The summed E-state index contributed by atoms with van der Waals surface area (Å²) >= 11 is 0. The summed E-state index contributed by atoms with van der Waals surface area (Å²) in [4.78, 5) is 2.67. The third-order valence-corrected chi connectivity index (χ3v) is 4.18. The van der Waals surface area contributed by atoms with E-state index in [9.17, 15) is 0 Å². The van der Waals surface area contributed by atoms with Crippen molar-refractivity contribution in [1.29, 1.82) is 0 Å². The predicted molar refractivity (Wildman–Crippen MR) is 79.4 cm³/mol. The van der Waals surface area contributed by atoms with Crippen LogP contribution in [0.25, 0.3) is 0 Å². The Morgan fingerprint density at radius 1 is 1.12 bits per heavy atom. The summed E-state index contributed by atoms with van der Waals surface area (Å²) in [6.07, 6.45) is 4.12. The van der Waals surface area contributed by atoms with Gasteiger partial charge in [0.25, 0.3) is 0 Å². The Morgan fingerprint density at radius 3 is 1.94 bits per heavy atom. The lowest BCUT2D eigenvalue weighted by Gasteiger charge is -2.38. The van der Waals surface area contributed by atoms with Crippen molar-refractivity contribution in [3.63, 3.8) is 0 Å². The molecule has 0 bridgehead atoms. The summed E-state index contributed by atoms with van der Waals surface area (Å²) in [6, 6.07) is 0. The molecule has 1 rings (SSSR count). The zero-order valence-electron chi connectivity index (χ0n) is 13.3. The quantitative estimate of drug-likeness (QED) is 0.682. The van der Waals surface area contributed by atoms with Crippen LogP contribution in [0.3, 0.4) is 0 Å². The maximum absolute atomic E-state index is 2.67. The average molecular weight is 241 g/mol. The third kappa shape index (κ3) is 6.45. The number of rotatable bonds is 4. The second-order valence-corrected chi connectivity index (χ2v) is 6.38. The summed E-state index contributed by atoms with van der Waals surface area (Å²) in [7, 11) is 0. The molecule has 0 aromatic rings. The van der Waals surface area contributed by atoms with E-state index in [-0.39, 0.29) is 0 Å². The topological polar surface area (TPSA) is 3.24 Å². The molecule has 1 aliphatic rings. The fourth-order valence-corrected chi connectivity index (χ4v) is 2.49. The summed E-state index contributed by atoms with van der Waals surface area (Å²) in [5.41, 5.74) is 0.505. The van der Waals surface area contributed by atoms with Crippen LogP contribution in [0.5, 0.6) is 0 Å². The van der Waals surface area contributed by atoms with E-state index in [0.717, 1.165) is 11.8 Å². The molecular weight excluding hydrogens is 206 g/mol. The molecule has 0 aromatic heterocycles. The second kappa shape index (κ2) is 8.13. The van der Waals surface area contributed by atoms with E-state index in [1.165, 1.54) is 38.9 Å². The van der Waals surface area contributed by atoms with Crippen molar-refractivity contribution in [2.24, 2.45) is 17.3 Å². The first kappa shape index (κ1) is 17.0. The number of piperidine rings is 1. The monoisotopic (exact) mass is 241 g/mol. The van der Waals surface area contributed by atoms with Crippen molar-refractivity contribution in [2.75, 3.05) is 19.6 Å². The smallest absolute Gasteiger partial charge is 0.00326 e. The van der Waals surface area contributed by atoms with Crippen LogP contribution in [0.4, 0.5) is 0 Å². The normalized spacial score (nSPS) is 19.1. The van der Waals surface area contributed by atoms with Gasteiger partial charge >= 0.3 is 0 Å². The highest BCUT2D eigenvalue weighted by molar-refractivity contribution is 4.78. The number of nitrogens with zero attached hydrogens (tertiary/aromatic N) is 1. The molecule has 0 N–H and O–H groups in total. The summed E-state index contributed by atoms with van der Waals surface area (Å²) in [6.45, 7) is 19.8. The van der Waals surface area contributed by atoms with Crippen LogP contribution in [0.2, 0.25) is 0 Å². The van der Waals surface area contributed by atoms with Crippen LogP contribution in [-0.4, -0.2) is 24.5 Å². The molecule has 1 heteroatoms. The summed E-state index contributed by atoms with van der Waals surface area (Å²) < 4.78 is 0. The van der Waals surface area contributed by atoms with Crippen molar-refractivity contribution < 1.29 is 0 Å². The molecule has 1 nitrogen and oxygen atoms in total. The molecule has 0 aromatic carbocycles. The SMILES string of the molecule is CC.CCC(C)(C)CN1CCC(C(C)C)CC1. The van der Waals surface area contributed by atoms with E-state index in [4.69, 9.17) is 0 Å². The molecule has 0 saturated carbocycles. The van der Waals surface area contributed by atoms with Crippen molar-refractivity contribution in [2.45, 2.75) is 67.7 Å².